The van der Waals surface area contributed by atoms with Crippen LogP contribution >= 0.6 is 23.2 Å². The maximum absolute atomic E-state index is 11.8. The summed E-state index contributed by atoms with van der Waals surface area (Å²) in [6, 6.07) is 5.56. The molecule has 2 rings (SSSR count). The molecule has 4 heteroatoms. The van der Waals surface area contributed by atoms with Gasteiger partial charge in [0.25, 0.3) is 0 Å². The lowest BCUT2D eigenvalue weighted by Crippen LogP contribution is -2.15. The highest BCUT2D eigenvalue weighted by Gasteiger charge is 2.22. The van der Waals surface area contributed by atoms with Crippen LogP contribution in [-0.2, 0) is 10.8 Å². The molecule has 2 atom stereocenters. The minimum atomic E-state index is -0.746. The van der Waals surface area contributed by atoms with Gasteiger partial charge < -0.3 is 0 Å². The zero-order valence-corrected chi connectivity index (χ0v) is 10.5. The lowest BCUT2D eigenvalue weighted by Gasteiger charge is -2.21. The van der Waals surface area contributed by atoms with Gasteiger partial charge in [-0.05, 0) is 30.5 Å². The predicted molar refractivity (Wildman–Crippen MR) is 66.1 cm³/mol. The van der Waals surface area contributed by atoms with E-state index in [1.54, 1.807) is 6.07 Å². The van der Waals surface area contributed by atoms with Gasteiger partial charge in [0.1, 0.15) is 0 Å². The van der Waals surface area contributed by atoms with Crippen LogP contribution in [-0.4, -0.2) is 9.96 Å². The molecule has 1 aromatic rings. The molecule has 0 aliphatic carbocycles. The summed E-state index contributed by atoms with van der Waals surface area (Å²) in [5, 5.41) is 1.26. The van der Waals surface area contributed by atoms with Crippen LogP contribution in [0.4, 0.5) is 0 Å². The zero-order chi connectivity index (χ0) is 10.8. The van der Waals surface area contributed by atoms with Gasteiger partial charge in [0, 0.05) is 16.6 Å². The lowest BCUT2D eigenvalue weighted by atomic mass is 10.1. The molecule has 1 aliphatic rings. The predicted octanol–water partition coefficient (Wildman–Crippen LogP) is 3.97. The first-order valence-electron chi connectivity index (χ1n) is 5.00. The average Bonchev–Trinajstić information content (AvgIpc) is 2.23. The number of hydrogen-bond donors (Lipinski definition) is 0. The van der Waals surface area contributed by atoms with Gasteiger partial charge in [0.15, 0.2) is 0 Å². The molecule has 0 amide bonds. The molecule has 0 aromatic heterocycles. The molecule has 82 valence electrons. The summed E-state index contributed by atoms with van der Waals surface area (Å²) in [6.07, 6.45) is 3.21. The maximum Gasteiger partial charge on any atom is 0.0597 e. The van der Waals surface area contributed by atoms with Crippen molar-refractivity contribution in [3.63, 3.8) is 0 Å². The van der Waals surface area contributed by atoms with Crippen LogP contribution in [0.25, 0.3) is 0 Å². The van der Waals surface area contributed by atoms with Crippen LogP contribution in [0.2, 0.25) is 10.0 Å². The third kappa shape index (κ3) is 2.55. The second-order valence-corrected chi connectivity index (χ2v) is 6.30. The third-order valence-electron chi connectivity index (χ3n) is 2.69. The van der Waals surface area contributed by atoms with Crippen molar-refractivity contribution in [2.75, 3.05) is 5.75 Å². The SMILES string of the molecule is O=S1CCCCC1c1ccc(Cl)c(Cl)c1. The summed E-state index contributed by atoms with van der Waals surface area (Å²) < 4.78 is 11.8. The van der Waals surface area contributed by atoms with E-state index in [-0.39, 0.29) is 5.25 Å². The van der Waals surface area contributed by atoms with Gasteiger partial charge >= 0.3 is 0 Å². The van der Waals surface area contributed by atoms with Crippen molar-refractivity contribution in [3.8, 4) is 0 Å². The molecular weight excluding hydrogens is 251 g/mol. The fourth-order valence-electron chi connectivity index (χ4n) is 1.88. The molecule has 1 saturated heterocycles. The van der Waals surface area contributed by atoms with Crippen molar-refractivity contribution >= 4 is 34.0 Å². The van der Waals surface area contributed by atoms with Crippen LogP contribution in [0.3, 0.4) is 0 Å². The Morgan fingerprint density at radius 3 is 2.67 bits per heavy atom. The molecule has 1 aromatic carbocycles. The molecule has 0 spiro atoms. The fourth-order valence-corrected chi connectivity index (χ4v) is 3.84. The highest BCUT2D eigenvalue weighted by atomic mass is 35.5. The van der Waals surface area contributed by atoms with E-state index in [0.29, 0.717) is 10.0 Å². The Hall–Kier alpha value is -0.0500. The molecule has 0 radical (unpaired) electrons. The van der Waals surface area contributed by atoms with Crippen molar-refractivity contribution in [1.82, 2.24) is 0 Å². The summed E-state index contributed by atoms with van der Waals surface area (Å²) in [6.45, 7) is 0. The summed E-state index contributed by atoms with van der Waals surface area (Å²) in [4.78, 5) is 0. The van der Waals surface area contributed by atoms with Gasteiger partial charge in [-0.25, -0.2) is 0 Å². The van der Waals surface area contributed by atoms with E-state index in [0.717, 1.165) is 30.6 Å². The molecule has 1 nitrogen and oxygen atoms in total. The van der Waals surface area contributed by atoms with Gasteiger partial charge in [0.05, 0.1) is 15.3 Å². The summed E-state index contributed by atoms with van der Waals surface area (Å²) in [7, 11) is -0.746. The average molecular weight is 263 g/mol. The van der Waals surface area contributed by atoms with E-state index >= 15 is 0 Å². The van der Waals surface area contributed by atoms with Crippen molar-refractivity contribution in [3.05, 3.63) is 33.8 Å². The molecule has 1 heterocycles. The lowest BCUT2D eigenvalue weighted by molar-refractivity contribution is 0.619. The molecule has 0 N–H and O–H groups in total. The Morgan fingerprint density at radius 1 is 1.20 bits per heavy atom. The minimum absolute atomic E-state index is 0.147. The number of halogens is 2. The third-order valence-corrected chi connectivity index (χ3v) is 5.27. The number of rotatable bonds is 1. The minimum Gasteiger partial charge on any atom is -0.259 e. The zero-order valence-electron chi connectivity index (χ0n) is 8.21. The van der Waals surface area contributed by atoms with E-state index in [1.165, 1.54) is 0 Å². The number of hydrogen-bond acceptors (Lipinski definition) is 1. The molecule has 1 aliphatic heterocycles. The fraction of sp³-hybridized carbons (Fsp3) is 0.455. The Balaban J connectivity index is 2.28. The quantitative estimate of drug-likeness (QED) is 0.749. The largest absolute Gasteiger partial charge is 0.259 e. The Morgan fingerprint density at radius 2 is 2.00 bits per heavy atom. The highest BCUT2D eigenvalue weighted by molar-refractivity contribution is 7.85. The first kappa shape index (κ1) is 11.4. The van der Waals surface area contributed by atoms with Gasteiger partial charge in [-0.3, -0.25) is 4.21 Å². The van der Waals surface area contributed by atoms with Gasteiger partial charge in [-0.15, -0.1) is 0 Å². The Kier molecular flexibility index (Phi) is 3.70. The molecular formula is C11H12Cl2OS. The maximum atomic E-state index is 11.8. The molecule has 2 unspecified atom stereocenters. The Labute approximate surface area is 102 Å². The van der Waals surface area contributed by atoms with E-state index in [9.17, 15) is 4.21 Å². The van der Waals surface area contributed by atoms with Crippen LogP contribution in [0.1, 0.15) is 30.1 Å². The van der Waals surface area contributed by atoms with Gasteiger partial charge in [0.2, 0.25) is 0 Å². The van der Waals surface area contributed by atoms with Crippen molar-refractivity contribution in [2.45, 2.75) is 24.5 Å². The van der Waals surface area contributed by atoms with E-state index in [4.69, 9.17) is 23.2 Å². The standard InChI is InChI=1S/C11H12Cl2OS/c12-9-5-4-8(7-10(9)13)11-3-1-2-6-15(11)14/h4-5,7,11H,1-3,6H2. The second-order valence-electron chi connectivity index (χ2n) is 3.74. The molecule has 0 saturated carbocycles. The van der Waals surface area contributed by atoms with Crippen molar-refractivity contribution in [2.24, 2.45) is 0 Å². The van der Waals surface area contributed by atoms with Gasteiger partial charge in [-0.1, -0.05) is 35.7 Å². The highest BCUT2D eigenvalue weighted by Crippen LogP contribution is 2.33. The first-order valence-corrected chi connectivity index (χ1v) is 7.14. The van der Waals surface area contributed by atoms with E-state index in [2.05, 4.69) is 0 Å². The summed E-state index contributed by atoms with van der Waals surface area (Å²) in [5.74, 6) is 0.810. The normalized spacial score (nSPS) is 26.5. The smallest absolute Gasteiger partial charge is 0.0597 e. The van der Waals surface area contributed by atoms with Crippen molar-refractivity contribution in [1.29, 1.82) is 0 Å². The first-order chi connectivity index (χ1) is 7.18. The monoisotopic (exact) mass is 262 g/mol. The summed E-state index contributed by atoms with van der Waals surface area (Å²) in [5.41, 5.74) is 1.06. The van der Waals surface area contributed by atoms with Gasteiger partial charge in [-0.2, -0.15) is 0 Å². The van der Waals surface area contributed by atoms with Crippen LogP contribution in [0.15, 0.2) is 18.2 Å². The topological polar surface area (TPSA) is 17.1 Å². The van der Waals surface area contributed by atoms with E-state index < -0.39 is 10.8 Å². The van der Waals surface area contributed by atoms with Crippen LogP contribution < -0.4 is 0 Å². The van der Waals surface area contributed by atoms with Crippen LogP contribution in [0.5, 0.6) is 0 Å². The Bertz CT molecular complexity index is 392. The molecule has 15 heavy (non-hydrogen) atoms. The number of benzene rings is 1. The van der Waals surface area contributed by atoms with E-state index in [1.807, 2.05) is 12.1 Å². The molecule has 1 fully saturated rings. The molecule has 0 bridgehead atoms. The summed E-state index contributed by atoms with van der Waals surface area (Å²) >= 11 is 11.8. The second kappa shape index (κ2) is 4.86. The van der Waals surface area contributed by atoms with Crippen molar-refractivity contribution < 1.29 is 4.21 Å². The van der Waals surface area contributed by atoms with Crippen LogP contribution in [0, 0.1) is 0 Å².